The maximum atomic E-state index is 8.72. The zero-order valence-corrected chi connectivity index (χ0v) is 41.9. The highest BCUT2D eigenvalue weighted by Gasteiger charge is 2.17. The summed E-state index contributed by atoms with van der Waals surface area (Å²) in [6.45, 7) is 38.4. The van der Waals surface area contributed by atoms with Crippen LogP contribution >= 0.6 is 34.4 Å². The molecule has 61 heavy (non-hydrogen) atoms. The van der Waals surface area contributed by atoms with E-state index in [4.69, 9.17) is 10.5 Å². The van der Waals surface area contributed by atoms with Crippen molar-refractivity contribution in [3.63, 3.8) is 0 Å². The van der Waals surface area contributed by atoms with Gasteiger partial charge < -0.3 is 0 Å². The lowest BCUT2D eigenvalue weighted by atomic mass is 9.91. The van der Waals surface area contributed by atoms with Crippen molar-refractivity contribution in [1.82, 2.24) is 28.7 Å². The molecule has 0 aliphatic carbocycles. The molecule has 0 spiro atoms. The van der Waals surface area contributed by atoms with Crippen LogP contribution in [0.4, 0.5) is 0 Å². The van der Waals surface area contributed by atoms with E-state index in [0.29, 0.717) is 34.8 Å². The Bertz CT molecular complexity index is 2030. The van der Waals surface area contributed by atoms with Crippen molar-refractivity contribution in [2.75, 3.05) is 6.54 Å². The molecule has 0 fully saturated rings. The van der Waals surface area contributed by atoms with Gasteiger partial charge in [-0.25, -0.2) is 9.97 Å². The first-order valence-corrected chi connectivity index (χ1v) is 22.9. The van der Waals surface area contributed by atoms with Crippen LogP contribution in [0.15, 0.2) is 58.4 Å². The van der Waals surface area contributed by atoms with E-state index >= 15 is 0 Å². The van der Waals surface area contributed by atoms with Crippen LogP contribution < -0.4 is 0 Å². The summed E-state index contributed by atoms with van der Waals surface area (Å²) < 4.78 is 8.14. The van der Waals surface area contributed by atoms with E-state index < -0.39 is 0 Å². The third-order valence-corrected chi connectivity index (χ3v) is 11.9. The molecule has 6 heterocycles. The predicted octanol–water partition coefficient (Wildman–Crippen LogP) is 14.2. The number of aromatic nitrogens is 6. The van der Waals surface area contributed by atoms with Gasteiger partial charge in [0.15, 0.2) is 0 Å². The molecule has 12 heteroatoms. The lowest BCUT2D eigenvalue weighted by Gasteiger charge is -2.18. The van der Waals surface area contributed by atoms with Gasteiger partial charge in [0, 0.05) is 45.1 Å². The highest BCUT2D eigenvalue weighted by atomic mass is 32.1. The number of nitrogens with zero attached hydrogens (tertiary/aromatic N) is 9. The second kappa shape index (κ2) is 27.5. The molecular weight excluding hydrogens is 811 g/mol. The summed E-state index contributed by atoms with van der Waals surface area (Å²) >= 11 is 4.82. The van der Waals surface area contributed by atoms with Crippen LogP contribution in [0.5, 0.6) is 0 Å². The van der Waals surface area contributed by atoms with Crippen LogP contribution in [-0.2, 0) is 10.8 Å². The largest absolute Gasteiger partial charge is 0.289 e. The average molecular weight is 884 g/mol. The molecule has 0 radical (unpaired) electrons. The van der Waals surface area contributed by atoms with E-state index in [2.05, 4.69) is 166 Å². The SMILES string of the molecule is C.CC(C)C1=CCN=C1.CC(C)c1cccs1.Cc1nc(C(C)(C)C)ccc1C#N.Cc1nc(C(C)(C)C)ccc1C#N.Cc1nsc(C(C)C)n1.Cc1nsc(C(C)C)n1. The van der Waals surface area contributed by atoms with Gasteiger partial charge in [-0.1, -0.05) is 117 Å². The fourth-order valence-electron chi connectivity index (χ4n) is 4.66. The molecule has 332 valence electrons. The van der Waals surface area contributed by atoms with Crippen molar-refractivity contribution in [2.24, 2.45) is 10.9 Å². The third-order valence-electron chi connectivity index (χ3n) is 8.48. The number of allylic oxidation sites excluding steroid dienone is 1. The molecule has 0 N–H and O–H groups in total. The molecule has 1 aliphatic heterocycles. The topological polar surface area (TPSA) is 137 Å². The highest BCUT2D eigenvalue weighted by molar-refractivity contribution is 7.10. The van der Waals surface area contributed by atoms with Crippen molar-refractivity contribution in [1.29, 1.82) is 10.5 Å². The van der Waals surface area contributed by atoms with Gasteiger partial charge in [-0.3, -0.25) is 15.0 Å². The van der Waals surface area contributed by atoms with Crippen LogP contribution in [0.1, 0.15) is 183 Å². The number of pyridine rings is 2. The van der Waals surface area contributed by atoms with Gasteiger partial charge in [0.25, 0.3) is 0 Å². The second-order valence-electron chi connectivity index (χ2n) is 17.6. The number of thiophene rings is 1. The number of nitriles is 2. The van der Waals surface area contributed by atoms with Crippen LogP contribution in [0, 0.1) is 56.3 Å². The summed E-state index contributed by atoms with van der Waals surface area (Å²) in [5.74, 6) is 4.19. The molecule has 0 saturated carbocycles. The van der Waals surface area contributed by atoms with Gasteiger partial charge in [0.05, 0.1) is 29.1 Å². The summed E-state index contributed by atoms with van der Waals surface area (Å²) in [6, 6.07) is 16.0. The fraction of sp³-hybridized carbons (Fsp3) is 0.531. The number of aryl methyl sites for hydroxylation is 4. The summed E-state index contributed by atoms with van der Waals surface area (Å²) in [7, 11) is 0. The molecule has 5 aromatic rings. The van der Waals surface area contributed by atoms with Crippen molar-refractivity contribution in [3.05, 3.63) is 114 Å². The van der Waals surface area contributed by atoms with Gasteiger partial charge in [0.2, 0.25) is 0 Å². The van der Waals surface area contributed by atoms with E-state index in [1.54, 1.807) is 0 Å². The Kier molecular flexibility index (Phi) is 25.4. The molecule has 5 aromatic heterocycles. The van der Waals surface area contributed by atoms with Gasteiger partial charge in [0.1, 0.15) is 33.8 Å². The molecule has 0 amide bonds. The van der Waals surface area contributed by atoms with Crippen LogP contribution in [0.25, 0.3) is 0 Å². The highest BCUT2D eigenvalue weighted by Crippen LogP contribution is 2.23. The third kappa shape index (κ3) is 21.7. The van der Waals surface area contributed by atoms with E-state index in [-0.39, 0.29) is 18.3 Å². The van der Waals surface area contributed by atoms with E-state index in [0.717, 1.165) is 51.0 Å². The van der Waals surface area contributed by atoms with Crippen molar-refractivity contribution in [2.45, 2.75) is 161 Å². The minimum absolute atomic E-state index is 0. The number of hydrogen-bond acceptors (Lipinski definition) is 12. The Morgan fingerprint density at radius 3 is 1.20 bits per heavy atom. The molecule has 9 nitrogen and oxygen atoms in total. The number of aliphatic imine (C=N–C) groups is 1. The van der Waals surface area contributed by atoms with Crippen molar-refractivity contribution >= 4 is 40.6 Å². The molecule has 6 rings (SSSR count). The Hall–Kier alpha value is -4.49. The lowest BCUT2D eigenvalue weighted by Crippen LogP contribution is -2.14. The molecule has 0 saturated heterocycles. The van der Waals surface area contributed by atoms with Crippen LogP contribution in [0.3, 0.4) is 0 Å². The van der Waals surface area contributed by atoms with Gasteiger partial charge in [-0.05, 0) is 104 Å². The average Bonchev–Trinajstić information content (AvgIpc) is 4.01. The molecule has 1 aliphatic rings. The fourth-order valence-corrected chi connectivity index (χ4v) is 6.71. The second-order valence-corrected chi connectivity index (χ2v) is 20.1. The zero-order valence-electron chi connectivity index (χ0n) is 39.5. The molecule has 0 atom stereocenters. The monoisotopic (exact) mass is 884 g/mol. The molecule has 0 unspecified atom stereocenters. The van der Waals surface area contributed by atoms with Crippen LogP contribution in [-0.4, -0.2) is 41.4 Å². The molecule has 0 aromatic carbocycles. The Labute approximate surface area is 382 Å². The maximum absolute atomic E-state index is 8.72. The van der Waals surface area contributed by atoms with Gasteiger partial charge >= 0.3 is 0 Å². The maximum Gasteiger partial charge on any atom is 0.139 e. The van der Waals surface area contributed by atoms with E-state index in [1.807, 2.05) is 69.5 Å². The number of rotatable bonds is 4. The standard InChI is InChI=1S/2C11H14N2.C7H11N.C7H10S.2C6H10N2S.CH4/c2*1-8-9(7-12)5-6-10(13-8)11(2,3)4;1-6(2)7-3-4-8-5-7;1-6(2)7-4-3-5-8-7;2*1-4(2)6-7-5(3)8-9-6;/h2*5-6H,1-4H3;3,5-6H,4H2,1-2H3;3-6H,1-2H3;2*4H,1-3H3;1H4. The normalized spacial score (nSPS) is 11.5. The Balaban J connectivity index is 0.000000714. The first-order chi connectivity index (χ1) is 27.9. The minimum atomic E-state index is 0. The summed E-state index contributed by atoms with van der Waals surface area (Å²) in [6.07, 6.45) is 4.13. The zero-order chi connectivity index (χ0) is 45.8. The molecular formula is C49H73N9S3. The van der Waals surface area contributed by atoms with E-state index in [1.165, 1.54) is 33.5 Å². The van der Waals surface area contributed by atoms with Gasteiger partial charge in [-0.15, -0.1) is 11.3 Å². The smallest absolute Gasteiger partial charge is 0.139 e. The Morgan fingerprint density at radius 1 is 0.590 bits per heavy atom. The van der Waals surface area contributed by atoms with Crippen molar-refractivity contribution in [3.8, 4) is 12.1 Å². The first kappa shape index (κ1) is 56.5. The number of hydrogen-bond donors (Lipinski definition) is 0. The first-order valence-electron chi connectivity index (χ1n) is 20.5. The lowest BCUT2D eigenvalue weighted by molar-refractivity contribution is 0.566. The minimum Gasteiger partial charge on any atom is -0.289 e. The van der Waals surface area contributed by atoms with Crippen molar-refractivity contribution < 1.29 is 0 Å². The van der Waals surface area contributed by atoms with E-state index in [9.17, 15) is 0 Å². The van der Waals surface area contributed by atoms with Crippen LogP contribution in [0.2, 0.25) is 0 Å². The summed E-state index contributed by atoms with van der Waals surface area (Å²) in [5, 5.41) is 21.8. The quantitative estimate of drug-likeness (QED) is 0.174. The Morgan fingerprint density at radius 2 is 1.02 bits per heavy atom. The predicted molar refractivity (Wildman–Crippen MR) is 264 cm³/mol. The molecule has 0 bridgehead atoms. The summed E-state index contributed by atoms with van der Waals surface area (Å²) in [5.41, 5.74) is 6.50. The van der Waals surface area contributed by atoms with Gasteiger partial charge in [-0.2, -0.15) is 19.3 Å². The summed E-state index contributed by atoms with van der Waals surface area (Å²) in [4.78, 5) is 22.8.